The molecule has 1 aliphatic carbocycles. The Morgan fingerprint density at radius 1 is 1.22 bits per heavy atom. The molecule has 1 aromatic carbocycles. The predicted molar refractivity (Wildman–Crippen MR) is 99.0 cm³/mol. The van der Waals surface area contributed by atoms with Gasteiger partial charge in [0.15, 0.2) is 0 Å². The molecule has 4 rings (SSSR count). The van der Waals surface area contributed by atoms with Gasteiger partial charge in [-0.25, -0.2) is 14.9 Å². The number of benzene rings is 1. The molecule has 0 radical (unpaired) electrons. The van der Waals surface area contributed by atoms with Crippen molar-refractivity contribution < 1.29 is 14.3 Å². The Hall–Kier alpha value is -3.22. The number of hydrogen-bond donors (Lipinski definition) is 1. The number of rotatable bonds is 5. The number of nitrogens with zero attached hydrogens (tertiary/aromatic N) is 2. The Labute approximate surface area is 155 Å². The van der Waals surface area contributed by atoms with Crippen molar-refractivity contribution in [2.75, 3.05) is 7.11 Å². The highest BCUT2D eigenvalue weighted by Crippen LogP contribution is 2.28. The van der Waals surface area contributed by atoms with Crippen molar-refractivity contribution in [1.29, 1.82) is 0 Å². The first-order chi connectivity index (χ1) is 13.1. The zero-order chi connectivity index (χ0) is 18.8. The first-order valence-corrected chi connectivity index (χ1v) is 8.86. The van der Waals surface area contributed by atoms with Crippen LogP contribution < -0.4 is 10.3 Å². The third-order valence-corrected chi connectivity index (χ3v) is 4.74. The molecule has 7 heteroatoms. The minimum atomic E-state index is -0.493. The molecule has 0 bridgehead atoms. The van der Waals surface area contributed by atoms with Crippen LogP contribution in [0.25, 0.3) is 10.8 Å². The molecule has 2 heterocycles. The van der Waals surface area contributed by atoms with Gasteiger partial charge in [0.25, 0.3) is 5.56 Å². The summed E-state index contributed by atoms with van der Waals surface area (Å²) in [6.45, 7) is 0. The van der Waals surface area contributed by atoms with Gasteiger partial charge in [-0.05, 0) is 49.6 Å². The first-order valence-electron chi connectivity index (χ1n) is 8.86. The average molecular weight is 365 g/mol. The lowest BCUT2D eigenvalue weighted by molar-refractivity contribution is 0.0593. The van der Waals surface area contributed by atoms with Crippen molar-refractivity contribution in [3.63, 3.8) is 0 Å². The van der Waals surface area contributed by atoms with Gasteiger partial charge < -0.3 is 9.47 Å². The first kappa shape index (κ1) is 17.2. The van der Waals surface area contributed by atoms with Crippen LogP contribution in [0.1, 0.15) is 41.1 Å². The van der Waals surface area contributed by atoms with Crippen LogP contribution in [0.15, 0.2) is 41.2 Å². The summed E-state index contributed by atoms with van der Waals surface area (Å²) in [4.78, 5) is 28.1. The van der Waals surface area contributed by atoms with Crippen LogP contribution in [0.4, 0.5) is 0 Å². The number of ether oxygens (including phenoxy) is 2. The molecule has 7 nitrogen and oxygen atoms in total. The zero-order valence-electron chi connectivity index (χ0n) is 14.9. The lowest BCUT2D eigenvalue weighted by Crippen LogP contribution is -2.24. The van der Waals surface area contributed by atoms with Gasteiger partial charge in [0.1, 0.15) is 11.4 Å². The summed E-state index contributed by atoms with van der Waals surface area (Å²) in [7, 11) is 1.32. The quantitative estimate of drug-likeness (QED) is 0.699. The molecule has 3 aromatic rings. The second-order valence-corrected chi connectivity index (χ2v) is 6.56. The molecule has 1 saturated carbocycles. The SMILES string of the molecule is COC(=O)c1cccc(Cc2n[nH]c(=O)c3ccc(OC4CCC4)cc23)n1. The van der Waals surface area contributed by atoms with Gasteiger partial charge in [-0.1, -0.05) is 6.07 Å². The number of esters is 1. The number of H-pyrrole nitrogens is 1. The van der Waals surface area contributed by atoms with Gasteiger partial charge in [0.05, 0.1) is 24.3 Å². The molecule has 1 fully saturated rings. The number of pyridine rings is 1. The Kier molecular flexibility index (Phi) is 4.58. The van der Waals surface area contributed by atoms with Crippen molar-refractivity contribution in [2.24, 2.45) is 0 Å². The van der Waals surface area contributed by atoms with E-state index in [1.807, 2.05) is 12.1 Å². The van der Waals surface area contributed by atoms with E-state index in [1.54, 1.807) is 24.3 Å². The Bertz CT molecular complexity index is 1060. The number of aromatic nitrogens is 3. The standard InChI is InChI=1S/C20H19N3O4/c1-26-20(25)17-7-2-4-12(21-17)10-18-16-11-14(27-13-5-3-6-13)8-9-15(16)19(24)23-22-18/h2,4,7-9,11,13H,3,5-6,10H2,1H3,(H,23,24). The van der Waals surface area contributed by atoms with E-state index in [1.165, 1.54) is 13.5 Å². The Balaban J connectivity index is 1.70. The predicted octanol–water partition coefficient (Wildman–Crippen LogP) is 2.63. The normalized spacial score (nSPS) is 14.0. The zero-order valence-corrected chi connectivity index (χ0v) is 14.9. The fourth-order valence-corrected chi connectivity index (χ4v) is 3.06. The summed E-state index contributed by atoms with van der Waals surface area (Å²) >= 11 is 0. The molecule has 0 unspecified atom stereocenters. The molecule has 0 saturated heterocycles. The fraction of sp³-hybridized carbons (Fsp3) is 0.300. The number of aromatic amines is 1. The van der Waals surface area contributed by atoms with Crippen molar-refractivity contribution in [3.8, 4) is 5.75 Å². The van der Waals surface area contributed by atoms with Crippen LogP contribution in [-0.2, 0) is 11.2 Å². The molecular weight excluding hydrogens is 346 g/mol. The van der Waals surface area contributed by atoms with Crippen molar-refractivity contribution in [2.45, 2.75) is 31.8 Å². The van der Waals surface area contributed by atoms with Crippen LogP contribution >= 0.6 is 0 Å². The number of methoxy groups -OCH3 is 1. The van der Waals surface area contributed by atoms with Crippen molar-refractivity contribution >= 4 is 16.7 Å². The smallest absolute Gasteiger partial charge is 0.356 e. The van der Waals surface area contributed by atoms with Gasteiger partial charge in [-0.15, -0.1) is 0 Å². The van der Waals surface area contributed by atoms with Gasteiger partial charge >= 0.3 is 5.97 Å². The van der Waals surface area contributed by atoms with E-state index in [0.29, 0.717) is 23.2 Å². The minimum absolute atomic E-state index is 0.234. The molecule has 1 N–H and O–H groups in total. The van der Waals surface area contributed by atoms with Crippen LogP contribution in [0, 0.1) is 0 Å². The van der Waals surface area contributed by atoms with Gasteiger partial charge in [0.2, 0.25) is 0 Å². The molecule has 0 aliphatic heterocycles. The molecule has 138 valence electrons. The monoisotopic (exact) mass is 365 g/mol. The van der Waals surface area contributed by atoms with Crippen molar-refractivity contribution in [1.82, 2.24) is 15.2 Å². The molecule has 0 spiro atoms. The molecule has 27 heavy (non-hydrogen) atoms. The maximum absolute atomic E-state index is 12.1. The lowest BCUT2D eigenvalue weighted by atomic mass is 9.96. The highest BCUT2D eigenvalue weighted by atomic mass is 16.5. The van der Waals surface area contributed by atoms with Gasteiger partial charge in [0, 0.05) is 17.5 Å². The molecule has 0 atom stereocenters. The van der Waals surface area contributed by atoms with Crippen LogP contribution in [0.3, 0.4) is 0 Å². The maximum Gasteiger partial charge on any atom is 0.356 e. The van der Waals surface area contributed by atoms with Crippen LogP contribution in [0.5, 0.6) is 5.75 Å². The third kappa shape index (κ3) is 3.53. The number of hydrogen-bond acceptors (Lipinski definition) is 6. The van der Waals surface area contributed by atoms with Gasteiger partial charge in [-0.2, -0.15) is 5.10 Å². The van der Waals surface area contributed by atoms with E-state index in [-0.39, 0.29) is 17.4 Å². The summed E-state index contributed by atoms with van der Waals surface area (Å²) in [5.74, 6) is 0.240. The van der Waals surface area contributed by atoms with Crippen molar-refractivity contribution in [3.05, 3.63) is 63.8 Å². The minimum Gasteiger partial charge on any atom is -0.490 e. The van der Waals surface area contributed by atoms with E-state index >= 15 is 0 Å². The highest BCUT2D eigenvalue weighted by Gasteiger charge is 2.19. The molecule has 1 aliphatic rings. The molecule has 0 amide bonds. The summed E-state index contributed by atoms with van der Waals surface area (Å²) in [6, 6.07) is 10.6. The molecule has 2 aromatic heterocycles. The second-order valence-electron chi connectivity index (χ2n) is 6.56. The topological polar surface area (TPSA) is 94.2 Å². The number of carbonyl (C=O) groups excluding carboxylic acids is 1. The summed E-state index contributed by atoms with van der Waals surface area (Å²) in [5, 5.41) is 8.00. The van der Waals surface area contributed by atoms with Crippen LogP contribution in [0.2, 0.25) is 0 Å². The van der Waals surface area contributed by atoms with E-state index < -0.39 is 5.97 Å². The van der Waals surface area contributed by atoms with E-state index in [0.717, 1.165) is 24.0 Å². The number of nitrogens with one attached hydrogen (secondary N) is 1. The summed E-state index contributed by atoms with van der Waals surface area (Å²) in [6.07, 6.45) is 3.92. The van der Waals surface area contributed by atoms with Crippen LogP contribution in [-0.4, -0.2) is 34.4 Å². The highest BCUT2D eigenvalue weighted by molar-refractivity contribution is 5.87. The third-order valence-electron chi connectivity index (χ3n) is 4.74. The fourth-order valence-electron chi connectivity index (χ4n) is 3.06. The van der Waals surface area contributed by atoms with Gasteiger partial charge in [-0.3, -0.25) is 4.79 Å². The average Bonchev–Trinajstić information content (AvgIpc) is 2.66. The van der Waals surface area contributed by atoms with E-state index in [9.17, 15) is 9.59 Å². The Morgan fingerprint density at radius 3 is 2.81 bits per heavy atom. The van der Waals surface area contributed by atoms with E-state index in [2.05, 4.69) is 15.2 Å². The van der Waals surface area contributed by atoms with E-state index in [4.69, 9.17) is 9.47 Å². The maximum atomic E-state index is 12.1. The lowest BCUT2D eigenvalue weighted by Gasteiger charge is -2.26. The summed E-state index contributed by atoms with van der Waals surface area (Å²) < 4.78 is 10.7. The Morgan fingerprint density at radius 2 is 2.07 bits per heavy atom. The largest absolute Gasteiger partial charge is 0.490 e. The summed E-state index contributed by atoms with van der Waals surface area (Å²) in [5.41, 5.74) is 1.31. The number of fused-ring (bicyclic) bond motifs is 1. The number of carbonyl (C=O) groups is 1. The molecular formula is C20H19N3O4. The second kappa shape index (κ2) is 7.19.